The minimum Gasteiger partial charge on any atom is -0.345 e. The molecule has 1 saturated heterocycles. The molecule has 1 amide bonds. The second kappa shape index (κ2) is 6.74. The van der Waals surface area contributed by atoms with Gasteiger partial charge in [-0.3, -0.25) is 9.59 Å². The van der Waals surface area contributed by atoms with E-state index in [4.69, 9.17) is 0 Å². The standard InChI is InChI=1S/C13H24N2O2/c1-11(16)9-13(17)15(3)8-6-12-5-4-7-14(2)10-12/h12H,4-10H2,1-3H3. The Kier molecular flexibility index (Phi) is 5.62. The molecule has 1 fully saturated rings. The van der Waals surface area contributed by atoms with E-state index in [2.05, 4.69) is 11.9 Å². The summed E-state index contributed by atoms with van der Waals surface area (Å²) in [5.41, 5.74) is 0. The summed E-state index contributed by atoms with van der Waals surface area (Å²) in [6.45, 7) is 4.55. The number of amides is 1. The topological polar surface area (TPSA) is 40.6 Å². The van der Waals surface area contributed by atoms with Crippen molar-refractivity contribution in [3.8, 4) is 0 Å². The van der Waals surface area contributed by atoms with Gasteiger partial charge in [-0.15, -0.1) is 0 Å². The van der Waals surface area contributed by atoms with E-state index >= 15 is 0 Å². The van der Waals surface area contributed by atoms with Crippen LogP contribution in [0.4, 0.5) is 0 Å². The number of rotatable bonds is 5. The number of ketones is 1. The lowest BCUT2D eigenvalue weighted by Crippen LogP contribution is -2.35. The lowest BCUT2D eigenvalue weighted by Gasteiger charge is -2.30. The van der Waals surface area contributed by atoms with Crippen LogP contribution in [0, 0.1) is 5.92 Å². The van der Waals surface area contributed by atoms with Crippen LogP contribution in [0.5, 0.6) is 0 Å². The molecule has 0 N–H and O–H groups in total. The third-order valence-electron chi connectivity index (χ3n) is 3.42. The first-order valence-corrected chi connectivity index (χ1v) is 6.41. The average Bonchev–Trinajstić information content (AvgIpc) is 2.25. The van der Waals surface area contributed by atoms with Gasteiger partial charge >= 0.3 is 0 Å². The number of piperidine rings is 1. The van der Waals surface area contributed by atoms with Crippen molar-refractivity contribution >= 4 is 11.7 Å². The SMILES string of the molecule is CC(=O)CC(=O)N(C)CCC1CCCN(C)C1. The fourth-order valence-electron chi connectivity index (χ4n) is 2.36. The average molecular weight is 240 g/mol. The third-order valence-corrected chi connectivity index (χ3v) is 3.42. The van der Waals surface area contributed by atoms with Crippen LogP contribution in [0.25, 0.3) is 0 Å². The smallest absolute Gasteiger partial charge is 0.229 e. The van der Waals surface area contributed by atoms with Crippen LogP contribution in [0.2, 0.25) is 0 Å². The van der Waals surface area contributed by atoms with Crippen molar-refractivity contribution in [3.05, 3.63) is 0 Å². The van der Waals surface area contributed by atoms with Crippen LogP contribution >= 0.6 is 0 Å². The van der Waals surface area contributed by atoms with Gasteiger partial charge in [0.05, 0.1) is 6.42 Å². The molecule has 1 unspecified atom stereocenters. The van der Waals surface area contributed by atoms with Crippen molar-refractivity contribution in [1.82, 2.24) is 9.80 Å². The summed E-state index contributed by atoms with van der Waals surface area (Å²) in [7, 11) is 3.94. The highest BCUT2D eigenvalue weighted by Crippen LogP contribution is 2.18. The molecule has 0 radical (unpaired) electrons. The van der Waals surface area contributed by atoms with Gasteiger partial charge in [0.25, 0.3) is 0 Å². The van der Waals surface area contributed by atoms with Gasteiger partial charge in [-0.1, -0.05) is 0 Å². The summed E-state index contributed by atoms with van der Waals surface area (Å²) in [6.07, 6.45) is 3.61. The van der Waals surface area contributed by atoms with Gasteiger partial charge in [0.15, 0.2) is 0 Å². The summed E-state index contributed by atoms with van der Waals surface area (Å²) >= 11 is 0. The summed E-state index contributed by atoms with van der Waals surface area (Å²) < 4.78 is 0. The Balaban J connectivity index is 2.24. The van der Waals surface area contributed by atoms with Gasteiger partial charge in [0.2, 0.25) is 5.91 Å². The molecule has 1 heterocycles. The van der Waals surface area contributed by atoms with E-state index in [9.17, 15) is 9.59 Å². The van der Waals surface area contributed by atoms with Gasteiger partial charge in [0, 0.05) is 20.1 Å². The first-order chi connectivity index (χ1) is 7.99. The molecule has 0 bridgehead atoms. The van der Waals surface area contributed by atoms with Crippen LogP contribution in [0.1, 0.15) is 32.6 Å². The first kappa shape index (κ1) is 14.2. The van der Waals surface area contributed by atoms with E-state index in [1.165, 1.54) is 26.3 Å². The normalized spacial score (nSPS) is 21.2. The minimum atomic E-state index is -0.0563. The molecule has 0 aromatic heterocycles. The molecular formula is C13H24N2O2. The molecule has 4 nitrogen and oxygen atoms in total. The van der Waals surface area contributed by atoms with E-state index in [-0.39, 0.29) is 18.1 Å². The summed E-state index contributed by atoms with van der Waals surface area (Å²) in [5, 5.41) is 0. The highest BCUT2D eigenvalue weighted by molar-refractivity contribution is 5.96. The number of hydrogen-bond donors (Lipinski definition) is 0. The number of hydrogen-bond acceptors (Lipinski definition) is 3. The Morgan fingerprint density at radius 3 is 2.71 bits per heavy atom. The van der Waals surface area contributed by atoms with Gasteiger partial charge in [-0.25, -0.2) is 0 Å². The highest BCUT2D eigenvalue weighted by Gasteiger charge is 2.18. The first-order valence-electron chi connectivity index (χ1n) is 6.41. The van der Waals surface area contributed by atoms with E-state index in [1.807, 2.05) is 0 Å². The van der Waals surface area contributed by atoms with Crippen LogP contribution in [0.15, 0.2) is 0 Å². The molecular weight excluding hydrogens is 216 g/mol. The zero-order valence-electron chi connectivity index (χ0n) is 11.2. The molecule has 1 rings (SSSR count). The van der Waals surface area contributed by atoms with Gasteiger partial charge in [-0.2, -0.15) is 0 Å². The molecule has 0 aliphatic carbocycles. The molecule has 4 heteroatoms. The Morgan fingerprint density at radius 1 is 1.41 bits per heavy atom. The molecule has 98 valence electrons. The molecule has 0 saturated carbocycles. The lowest BCUT2D eigenvalue weighted by atomic mass is 9.95. The maximum Gasteiger partial charge on any atom is 0.229 e. The van der Waals surface area contributed by atoms with E-state index in [0.717, 1.165) is 19.5 Å². The largest absolute Gasteiger partial charge is 0.345 e. The Bertz CT molecular complexity index is 279. The Labute approximate surface area is 104 Å². The predicted octanol–water partition coefficient (Wildman–Crippen LogP) is 1.16. The molecule has 0 aromatic rings. The molecule has 17 heavy (non-hydrogen) atoms. The molecule has 0 aromatic carbocycles. The second-order valence-electron chi connectivity index (χ2n) is 5.25. The van der Waals surface area contributed by atoms with Crippen LogP contribution in [0.3, 0.4) is 0 Å². The van der Waals surface area contributed by atoms with E-state index in [0.29, 0.717) is 5.92 Å². The Morgan fingerprint density at radius 2 is 2.12 bits per heavy atom. The zero-order chi connectivity index (χ0) is 12.8. The van der Waals surface area contributed by atoms with Crippen molar-refractivity contribution in [2.45, 2.75) is 32.6 Å². The monoisotopic (exact) mass is 240 g/mol. The van der Waals surface area contributed by atoms with E-state index < -0.39 is 0 Å². The van der Waals surface area contributed by atoms with Crippen LogP contribution in [-0.2, 0) is 9.59 Å². The summed E-state index contributed by atoms with van der Waals surface area (Å²) in [5.74, 6) is 0.585. The number of carbonyl (C=O) groups is 2. The number of Topliss-reactive ketones (excluding diaryl/α,β-unsaturated/α-hetero) is 1. The molecule has 1 atom stereocenters. The second-order valence-corrected chi connectivity index (χ2v) is 5.25. The highest BCUT2D eigenvalue weighted by atomic mass is 16.2. The van der Waals surface area contributed by atoms with E-state index in [1.54, 1.807) is 11.9 Å². The summed E-state index contributed by atoms with van der Waals surface area (Å²) in [6, 6.07) is 0. The quantitative estimate of drug-likeness (QED) is 0.677. The van der Waals surface area contributed by atoms with Crippen molar-refractivity contribution in [2.24, 2.45) is 5.92 Å². The maximum absolute atomic E-state index is 11.6. The molecule has 1 aliphatic heterocycles. The molecule has 0 spiro atoms. The summed E-state index contributed by atoms with van der Waals surface area (Å²) in [4.78, 5) is 26.5. The van der Waals surface area contributed by atoms with Crippen molar-refractivity contribution < 1.29 is 9.59 Å². The minimum absolute atomic E-state index is 0.0427. The fourth-order valence-corrected chi connectivity index (χ4v) is 2.36. The van der Waals surface area contributed by atoms with Crippen molar-refractivity contribution in [2.75, 3.05) is 33.7 Å². The van der Waals surface area contributed by atoms with Gasteiger partial charge < -0.3 is 9.80 Å². The lowest BCUT2D eigenvalue weighted by molar-refractivity contribution is -0.133. The fraction of sp³-hybridized carbons (Fsp3) is 0.846. The van der Waals surface area contributed by atoms with Gasteiger partial charge in [-0.05, 0) is 45.7 Å². The predicted molar refractivity (Wildman–Crippen MR) is 67.8 cm³/mol. The van der Waals surface area contributed by atoms with Crippen molar-refractivity contribution in [1.29, 1.82) is 0 Å². The number of carbonyl (C=O) groups excluding carboxylic acids is 2. The Hall–Kier alpha value is -0.900. The van der Waals surface area contributed by atoms with Crippen LogP contribution in [-0.4, -0.2) is 55.2 Å². The maximum atomic E-state index is 11.6. The van der Waals surface area contributed by atoms with Crippen LogP contribution < -0.4 is 0 Å². The number of nitrogens with zero attached hydrogens (tertiary/aromatic N) is 2. The number of likely N-dealkylation sites (tertiary alicyclic amines) is 1. The van der Waals surface area contributed by atoms with Gasteiger partial charge in [0.1, 0.15) is 5.78 Å². The third kappa shape index (κ3) is 5.31. The molecule has 1 aliphatic rings. The van der Waals surface area contributed by atoms with Crippen molar-refractivity contribution in [3.63, 3.8) is 0 Å². The zero-order valence-corrected chi connectivity index (χ0v) is 11.2.